The van der Waals surface area contributed by atoms with E-state index in [-0.39, 0.29) is 6.54 Å². The van der Waals surface area contributed by atoms with Crippen LogP contribution in [0.2, 0.25) is 0 Å². The summed E-state index contributed by atoms with van der Waals surface area (Å²) in [4.78, 5) is 1.79. The van der Waals surface area contributed by atoms with E-state index in [1.165, 1.54) is 32.1 Å². The highest BCUT2D eigenvalue weighted by molar-refractivity contribution is 4.85. The van der Waals surface area contributed by atoms with Crippen LogP contribution >= 0.6 is 0 Å². The fraction of sp³-hybridized carbons (Fsp3) is 1.00. The largest absolute Gasteiger partial charge is 0.317 e. The van der Waals surface area contributed by atoms with Crippen molar-refractivity contribution in [3.8, 4) is 0 Å². The van der Waals surface area contributed by atoms with Crippen LogP contribution in [0, 0.1) is 11.8 Å². The maximum atomic E-state index is 12.4. The lowest BCUT2D eigenvalue weighted by Crippen LogP contribution is -2.44. The van der Waals surface area contributed by atoms with Crippen molar-refractivity contribution in [2.75, 3.05) is 27.2 Å². The Hall–Kier alpha value is -0.220. The van der Waals surface area contributed by atoms with Crippen molar-refractivity contribution in [3.05, 3.63) is 0 Å². The number of hydrogen-bond acceptors (Lipinski definition) is 2. The Kier molecular flexibility index (Phi) is 7.08. The lowest BCUT2D eigenvalue weighted by atomic mass is 9.76. The lowest BCUT2D eigenvalue weighted by molar-refractivity contribution is 0.0786. The topological polar surface area (TPSA) is 15.3 Å². The third-order valence-corrected chi connectivity index (χ3v) is 4.15. The van der Waals surface area contributed by atoms with Crippen LogP contribution in [-0.2, 0) is 0 Å². The van der Waals surface area contributed by atoms with E-state index in [0.717, 1.165) is 12.5 Å². The highest BCUT2D eigenvalue weighted by Gasteiger charge is 2.30. The summed E-state index contributed by atoms with van der Waals surface area (Å²) >= 11 is 0. The Morgan fingerprint density at radius 1 is 1.33 bits per heavy atom. The molecule has 0 amide bonds. The number of hydrogen-bond donors (Lipinski definition) is 1. The zero-order valence-electron chi connectivity index (χ0n) is 12.0. The van der Waals surface area contributed by atoms with Crippen molar-refractivity contribution in [2.45, 2.75) is 51.5 Å². The number of rotatable bonds is 7. The molecule has 1 saturated carbocycles. The summed E-state index contributed by atoms with van der Waals surface area (Å²) in [6.07, 6.45) is 3.95. The monoisotopic (exact) mass is 262 g/mol. The summed E-state index contributed by atoms with van der Waals surface area (Å²) in [6.45, 7) is 2.91. The molecule has 0 spiro atoms. The first-order valence-electron chi connectivity index (χ1n) is 7.20. The zero-order valence-corrected chi connectivity index (χ0v) is 12.0. The molecule has 0 bridgehead atoms. The molecule has 3 unspecified atom stereocenters. The maximum Gasteiger partial charge on any atom is 0.251 e. The fourth-order valence-electron chi connectivity index (χ4n) is 3.32. The van der Waals surface area contributed by atoms with Crippen LogP contribution in [0.1, 0.15) is 39.0 Å². The van der Waals surface area contributed by atoms with E-state index in [0.29, 0.717) is 12.0 Å². The molecule has 1 fully saturated rings. The lowest BCUT2D eigenvalue weighted by Gasteiger charge is -2.38. The second kappa shape index (κ2) is 8.05. The minimum Gasteiger partial charge on any atom is -0.317 e. The van der Waals surface area contributed by atoms with Gasteiger partial charge in [-0.05, 0) is 45.2 Å². The molecule has 4 heteroatoms. The fourth-order valence-corrected chi connectivity index (χ4v) is 3.32. The summed E-state index contributed by atoms with van der Waals surface area (Å²) in [5.41, 5.74) is 0. The predicted molar refractivity (Wildman–Crippen MR) is 72.1 cm³/mol. The minimum absolute atomic E-state index is 0.106. The van der Waals surface area contributed by atoms with Gasteiger partial charge in [-0.2, -0.15) is 0 Å². The van der Waals surface area contributed by atoms with Gasteiger partial charge < -0.3 is 10.2 Å². The molecule has 1 aliphatic rings. The van der Waals surface area contributed by atoms with Crippen LogP contribution in [-0.4, -0.2) is 44.6 Å². The van der Waals surface area contributed by atoms with Gasteiger partial charge in [0.15, 0.2) is 0 Å². The van der Waals surface area contributed by atoms with Crippen molar-refractivity contribution in [1.29, 1.82) is 0 Å². The predicted octanol–water partition coefficient (Wildman–Crippen LogP) is 2.99. The Morgan fingerprint density at radius 3 is 2.61 bits per heavy atom. The van der Waals surface area contributed by atoms with Gasteiger partial charge in [-0.15, -0.1) is 0 Å². The molecule has 0 aromatic heterocycles. The molecule has 1 rings (SSSR count). The molecule has 2 nitrogen and oxygen atoms in total. The molecule has 0 aromatic rings. The first-order valence-corrected chi connectivity index (χ1v) is 7.20. The average molecular weight is 262 g/mol. The second-order valence-corrected chi connectivity index (χ2v) is 5.74. The maximum absolute atomic E-state index is 12.4. The summed E-state index contributed by atoms with van der Waals surface area (Å²) in [5, 5.41) is 3.36. The van der Waals surface area contributed by atoms with E-state index >= 15 is 0 Å². The molecular weight excluding hydrogens is 234 g/mol. The Labute approximate surface area is 110 Å². The van der Waals surface area contributed by atoms with Gasteiger partial charge in [0, 0.05) is 12.6 Å². The van der Waals surface area contributed by atoms with Crippen LogP contribution in [0.5, 0.6) is 0 Å². The van der Waals surface area contributed by atoms with Gasteiger partial charge in [0.25, 0.3) is 6.43 Å². The first-order chi connectivity index (χ1) is 8.56. The summed E-state index contributed by atoms with van der Waals surface area (Å²) in [7, 11) is 3.80. The van der Waals surface area contributed by atoms with Gasteiger partial charge in [0.1, 0.15) is 0 Å². The summed E-state index contributed by atoms with van der Waals surface area (Å²) < 4.78 is 24.7. The van der Waals surface area contributed by atoms with Crippen molar-refractivity contribution in [1.82, 2.24) is 10.2 Å². The molecule has 1 N–H and O–H groups in total. The van der Waals surface area contributed by atoms with Crippen LogP contribution < -0.4 is 5.32 Å². The number of nitrogens with one attached hydrogen (secondary N) is 1. The van der Waals surface area contributed by atoms with Crippen LogP contribution in [0.4, 0.5) is 8.78 Å². The SMILES string of the molecule is CCCC1CCC(NC)C(CN(C)CC(F)F)C1. The molecular formula is C14H28F2N2. The molecule has 0 radical (unpaired) electrons. The van der Waals surface area contributed by atoms with E-state index in [1.54, 1.807) is 4.90 Å². The number of nitrogens with zero attached hydrogens (tertiary/aromatic N) is 1. The van der Waals surface area contributed by atoms with Gasteiger partial charge in [0.2, 0.25) is 0 Å². The molecule has 3 atom stereocenters. The summed E-state index contributed by atoms with van der Waals surface area (Å²) in [5.74, 6) is 1.31. The Bertz CT molecular complexity index is 224. The zero-order chi connectivity index (χ0) is 13.5. The van der Waals surface area contributed by atoms with E-state index in [4.69, 9.17) is 0 Å². The van der Waals surface area contributed by atoms with Gasteiger partial charge in [-0.1, -0.05) is 19.8 Å². The van der Waals surface area contributed by atoms with E-state index in [1.807, 2.05) is 14.1 Å². The molecule has 0 heterocycles. The molecule has 108 valence electrons. The van der Waals surface area contributed by atoms with Crippen molar-refractivity contribution >= 4 is 0 Å². The molecule has 0 aliphatic heterocycles. The van der Waals surface area contributed by atoms with Gasteiger partial charge >= 0.3 is 0 Å². The van der Waals surface area contributed by atoms with Crippen molar-refractivity contribution in [3.63, 3.8) is 0 Å². The third kappa shape index (κ3) is 5.19. The van der Waals surface area contributed by atoms with Crippen LogP contribution in [0.25, 0.3) is 0 Å². The standard InChI is InChI=1S/C14H28F2N2/c1-4-5-11-6-7-13(17-2)12(8-11)9-18(3)10-14(15)16/h11-14,17H,4-10H2,1-3H3. The molecule has 0 saturated heterocycles. The normalized spacial score (nSPS) is 29.2. The van der Waals surface area contributed by atoms with Gasteiger partial charge in [-0.25, -0.2) is 8.78 Å². The average Bonchev–Trinajstić information content (AvgIpc) is 2.28. The van der Waals surface area contributed by atoms with Crippen molar-refractivity contribution in [2.24, 2.45) is 11.8 Å². The van der Waals surface area contributed by atoms with E-state index < -0.39 is 6.43 Å². The van der Waals surface area contributed by atoms with Crippen LogP contribution in [0.3, 0.4) is 0 Å². The van der Waals surface area contributed by atoms with Crippen LogP contribution in [0.15, 0.2) is 0 Å². The van der Waals surface area contributed by atoms with Gasteiger partial charge in [0.05, 0.1) is 6.54 Å². The second-order valence-electron chi connectivity index (χ2n) is 5.74. The number of halogens is 2. The Balaban J connectivity index is 2.46. The molecule has 1 aliphatic carbocycles. The van der Waals surface area contributed by atoms with Gasteiger partial charge in [-0.3, -0.25) is 0 Å². The first kappa shape index (κ1) is 15.8. The van der Waals surface area contributed by atoms with E-state index in [9.17, 15) is 8.78 Å². The quantitative estimate of drug-likeness (QED) is 0.759. The third-order valence-electron chi connectivity index (χ3n) is 4.15. The smallest absolute Gasteiger partial charge is 0.251 e. The number of alkyl halides is 2. The molecule has 18 heavy (non-hydrogen) atoms. The molecule has 0 aromatic carbocycles. The minimum atomic E-state index is -2.22. The van der Waals surface area contributed by atoms with E-state index in [2.05, 4.69) is 12.2 Å². The van der Waals surface area contributed by atoms with Crippen molar-refractivity contribution < 1.29 is 8.78 Å². The highest BCUT2D eigenvalue weighted by atomic mass is 19.3. The highest BCUT2D eigenvalue weighted by Crippen LogP contribution is 2.32. The Morgan fingerprint density at radius 2 is 2.06 bits per heavy atom. The summed E-state index contributed by atoms with van der Waals surface area (Å²) in [6, 6.07) is 0.498.